The van der Waals surface area contributed by atoms with Gasteiger partial charge in [-0.1, -0.05) is 12.1 Å². The number of carboxylic acids is 1. The Bertz CT molecular complexity index is 496. The lowest BCUT2D eigenvalue weighted by Crippen LogP contribution is -2.44. The average molecular weight is 263 g/mol. The van der Waals surface area contributed by atoms with Crippen molar-refractivity contribution < 1.29 is 19.4 Å². The Hall–Kier alpha value is -2.04. The van der Waals surface area contributed by atoms with Crippen LogP contribution in [0, 0.1) is 0 Å². The normalized spacial score (nSPS) is 15.7. The standard InChI is InChI=1S/C14H17NO4/c1-9(14(17)18)15(10-7-8-10)13(16)11-5-3-4-6-12(11)19-2/h3-6,9-10H,7-8H2,1-2H3,(H,17,18). The molecule has 5 heteroatoms. The van der Waals surface area contributed by atoms with Crippen LogP contribution in [0.3, 0.4) is 0 Å². The van der Waals surface area contributed by atoms with Crippen molar-refractivity contribution in [2.24, 2.45) is 0 Å². The fourth-order valence-electron chi connectivity index (χ4n) is 2.09. The summed E-state index contributed by atoms with van der Waals surface area (Å²) in [6, 6.07) is 6.08. The van der Waals surface area contributed by atoms with Crippen molar-refractivity contribution in [3.8, 4) is 5.75 Å². The van der Waals surface area contributed by atoms with Crippen molar-refractivity contribution in [3.05, 3.63) is 29.8 Å². The molecular formula is C14H17NO4. The van der Waals surface area contributed by atoms with Crippen LogP contribution in [0.15, 0.2) is 24.3 Å². The summed E-state index contributed by atoms with van der Waals surface area (Å²) in [4.78, 5) is 25.1. The van der Waals surface area contributed by atoms with E-state index in [4.69, 9.17) is 9.84 Å². The number of nitrogens with zero attached hydrogens (tertiary/aromatic N) is 1. The Morgan fingerprint density at radius 3 is 2.53 bits per heavy atom. The number of methoxy groups -OCH3 is 1. The van der Waals surface area contributed by atoms with Crippen molar-refractivity contribution >= 4 is 11.9 Å². The van der Waals surface area contributed by atoms with Gasteiger partial charge >= 0.3 is 5.97 Å². The number of amides is 1. The molecule has 1 atom stereocenters. The lowest BCUT2D eigenvalue weighted by molar-refractivity contribution is -0.141. The molecule has 1 aliphatic rings. The van der Waals surface area contributed by atoms with Gasteiger partial charge in [-0.05, 0) is 31.9 Å². The summed E-state index contributed by atoms with van der Waals surface area (Å²) in [5, 5.41) is 9.13. The second kappa shape index (κ2) is 5.30. The maximum absolute atomic E-state index is 12.5. The Morgan fingerprint density at radius 2 is 2.00 bits per heavy atom. The van der Waals surface area contributed by atoms with E-state index in [2.05, 4.69) is 0 Å². The maximum atomic E-state index is 12.5. The van der Waals surface area contributed by atoms with Gasteiger partial charge in [0, 0.05) is 6.04 Å². The first kappa shape index (κ1) is 13.4. The molecule has 0 bridgehead atoms. The average Bonchev–Trinajstić information content (AvgIpc) is 3.23. The Balaban J connectivity index is 2.31. The second-order valence-electron chi connectivity index (χ2n) is 4.66. The second-order valence-corrected chi connectivity index (χ2v) is 4.66. The van der Waals surface area contributed by atoms with Gasteiger partial charge in [-0.2, -0.15) is 0 Å². The topological polar surface area (TPSA) is 66.8 Å². The van der Waals surface area contributed by atoms with Crippen LogP contribution in [-0.2, 0) is 4.79 Å². The predicted octanol–water partition coefficient (Wildman–Crippen LogP) is 1.77. The van der Waals surface area contributed by atoms with Gasteiger partial charge in [0.2, 0.25) is 0 Å². The van der Waals surface area contributed by atoms with Crippen LogP contribution in [0.1, 0.15) is 30.1 Å². The molecule has 1 N–H and O–H groups in total. The largest absolute Gasteiger partial charge is 0.496 e. The summed E-state index contributed by atoms with van der Waals surface area (Å²) >= 11 is 0. The van der Waals surface area contributed by atoms with Crippen molar-refractivity contribution in [3.63, 3.8) is 0 Å². The molecule has 1 aromatic rings. The van der Waals surface area contributed by atoms with Crippen molar-refractivity contribution in [2.45, 2.75) is 31.8 Å². The molecule has 1 amide bonds. The number of rotatable bonds is 5. The fraction of sp³-hybridized carbons (Fsp3) is 0.429. The molecule has 1 saturated carbocycles. The number of carbonyl (C=O) groups excluding carboxylic acids is 1. The van der Waals surface area contributed by atoms with E-state index < -0.39 is 12.0 Å². The van der Waals surface area contributed by atoms with Gasteiger partial charge in [0.15, 0.2) is 0 Å². The van der Waals surface area contributed by atoms with Gasteiger partial charge < -0.3 is 14.7 Å². The minimum Gasteiger partial charge on any atom is -0.496 e. The summed E-state index contributed by atoms with van der Waals surface area (Å²) in [6.07, 6.45) is 1.72. The zero-order chi connectivity index (χ0) is 14.0. The minimum absolute atomic E-state index is 0.0310. The summed E-state index contributed by atoms with van der Waals surface area (Å²) in [7, 11) is 1.49. The van der Waals surface area contributed by atoms with Gasteiger partial charge in [-0.15, -0.1) is 0 Å². The van der Waals surface area contributed by atoms with Crippen molar-refractivity contribution in [2.75, 3.05) is 7.11 Å². The van der Waals surface area contributed by atoms with Crippen LogP contribution >= 0.6 is 0 Å². The Kier molecular flexibility index (Phi) is 3.74. The molecule has 1 fully saturated rings. The number of benzene rings is 1. The van der Waals surface area contributed by atoms with Gasteiger partial charge in [0.1, 0.15) is 11.8 Å². The lowest BCUT2D eigenvalue weighted by atomic mass is 10.1. The van der Waals surface area contributed by atoms with Gasteiger partial charge in [-0.3, -0.25) is 4.79 Å². The van der Waals surface area contributed by atoms with Crippen LogP contribution in [0.5, 0.6) is 5.75 Å². The Morgan fingerprint density at radius 1 is 1.37 bits per heavy atom. The third kappa shape index (κ3) is 2.70. The number of aliphatic carboxylic acids is 1. The molecule has 102 valence electrons. The predicted molar refractivity (Wildman–Crippen MR) is 69.3 cm³/mol. The highest BCUT2D eigenvalue weighted by atomic mass is 16.5. The molecule has 5 nitrogen and oxygen atoms in total. The molecule has 0 saturated heterocycles. The summed E-state index contributed by atoms with van der Waals surface area (Å²) in [5.41, 5.74) is 0.407. The molecule has 0 spiro atoms. The van der Waals surface area contributed by atoms with E-state index in [1.165, 1.54) is 18.9 Å². The smallest absolute Gasteiger partial charge is 0.326 e. The molecule has 0 heterocycles. The Labute approximate surface area is 111 Å². The molecule has 2 rings (SSSR count). The van der Waals surface area contributed by atoms with Crippen LogP contribution in [0.4, 0.5) is 0 Å². The lowest BCUT2D eigenvalue weighted by Gasteiger charge is -2.27. The number of carboxylic acid groups (broad SMARTS) is 1. The molecule has 1 unspecified atom stereocenters. The van der Waals surface area contributed by atoms with Crippen LogP contribution in [-0.4, -0.2) is 41.1 Å². The number of para-hydroxylation sites is 1. The molecule has 1 aromatic carbocycles. The van der Waals surface area contributed by atoms with Crippen LogP contribution in [0.25, 0.3) is 0 Å². The highest BCUT2D eigenvalue weighted by Crippen LogP contribution is 2.32. The number of ether oxygens (including phenoxy) is 1. The van der Waals surface area contributed by atoms with E-state index in [0.717, 1.165) is 12.8 Å². The molecular weight excluding hydrogens is 246 g/mol. The molecule has 1 aliphatic carbocycles. The summed E-state index contributed by atoms with van der Waals surface area (Å²) in [5.74, 6) is -0.805. The van der Waals surface area contributed by atoms with Crippen molar-refractivity contribution in [1.82, 2.24) is 4.90 Å². The number of hydrogen-bond acceptors (Lipinski definition) is 3. The van der Waals surface area contributed by atoms with E-state index in [1.54, 1.807) is 24.3 Å². The highest BCUT2D eigenvalue weighted by molar-refractivity contribution is 5.99. The van der Waals surface area contributed by atoms with Crippen LogP contribution in [0.2, 0.25) is 0 Å². The quantitative estimate of drug-likeness (QED) is 0.879. The zero-order valence-electron chi connectivity index (χ0n) is 11.0. The monoisotopic (exact) mass is 263 g/mol. The van der Waals surface area contributed by atoms with Gasteiger partial charge in [0.25, 0.3) is 5.91 Å². The van der Waals surface area contributed by atoms with Gasteiger partial charge in [0.05, 0.1) is 12.7 Å². The number of carbonyl (C=O) groups is 2. The van der Waals surface area contributed by atoms with E-state index >= 15 is 0 Å². The SMILES string of the molecule is COc1ccccc1C(=O)N(C1CC1)C(C)C(=O)O. The fourth-order valence-corrected chi connectivity index (χ4v) is 2.09. The first-order valence-corrected chi connectivity index (χ1v) is 6.24. The third-order valence-electron chi connectivity index (χ3n) is 3.29. The van der Waals surface area contributed by atoms with E-state index in [9.17, 15) is 9.59 Å². The molecule has 0 aromatic heterocycles. The molecule has 19 heavy (non-hydrogen) atoms. The minimum atomic E-state index is -0.991. The molecule has 0 aliphatic heterocycles. The summed E-state index contributed by atoms with van der Waals surface area (Å²) < 4.78 is 5.16. The van der Waals surface area contributed by atoms with Crippen LogP contribution < -0.4 is 4.74 Å². The third-order valence-corrected chi connectivity index (χ3v) is 3.29. The first-order valence-electron chi connectivity index (χ1n) is 6.24. The van der Waals surface area contributed by atoms with E-state index in [-0.39, 0.29) is 11.9 Å². The number of hydrogen-bond donors (Lipinski definition) is 1. The van der Waals surface area contributed by atoms with E-state index in [0.29, 0.717) is 11.3 Å². The van der Waals surface area contributed by atoms with Crippen molar-refractivity contribution in [1.29, 1.82) is 0 Å². The maximum Gasteiger partial charge on any atom is 0.326 e. The highest BCUT2D eigenvalue weighted by Gasteiger charge is 2.39. The zero-order valence-corrected chi connectivity index (χ0v) is 11.0. The first-order chi connectivity index (χ1) is 9.06. The van der Waals surface area contributed by atoms with E-state index in [1.807, 2.05) is 0 Å². The summed E-state index contributed by atoms with van der Waals surface area (Å²) in [6.45, 7) is 1.54. The molecule has 0 radical (unpaired) electrons. The van der Waals surface area contributed by atoms with Gasteiger partial charge in [-0.25, -0.2) is 4.79 Å².